The van der Waals surface area contributed by atoms with Gasteiger partial charge in [-0.1, -0.05) is 26.3 Å². The van der Waals surface area contributed by atoms with Gasteiger partial charge in [0.25, 0.3) is 0 Å². The molecule has 1 saturated carbocycles. The Morgan fingerprint density at radius 1 is 1.44 bits per heavy atom. The largest absolute Gasteiger partial charge is 0.465 e. The van der Waals surface area contributed by atoms with Gasteiger partial charge in [0, 0.05) is 11.8 Å². The number of hydrogen-bond acceptors (Lipinski definition) is 3. The van der Waals surface area contributed by atoms with Crippen LogP contribution in [0.25, 0.3) is 0 Å². The molecule has 3 heteroatoms. The molecule has 0 aromatic carbocycles. The van der Waals surface area contributed by atoms with E-state index in [1.165, 1.54) is 0 Å². The van der Waals surface area contributed by atoms with E-state index in [4.69, 9.17) is 4.74 Å². The fourth-order valence-electron chi connectivity index (χ4n) is 2.39. The first-order valence-electron chi connectivity index (χ1n) is 6.84. The highest BCUT2D eigenvalue weighted by atomic mass is 16.5. The number of allylic oxidation sites excluding steroid dienone is 1. The lowest BCUT2D eigenvalue weighted by atomic mass is 9.77. The molecule has 0 bridgehead atoms. The highest BCUT2D eigenvalue weighted by Crippen LogP contribution is 2.30. The first-order chi connectivity index (χ1) is 8.54. The predicted molar refractivity (Wildman–Crippen MR) is 71.1 cm³/mol. The Morgan fingerprint density at radius 2 is 2.11 bits per heavy atom. The summed E-state index contributed by atoms with van der Waals surface area (Å²) in [4.78, 5) is 23.8. The van der Waals surface area contributed by atoms with Crippen molar-refractivity contribution < 1.29 is 14.3 Å². The normalized spacial score (nSPS) is 24.1. The van der Waals surface area contributed by atoms with Gasteiger partial charge in [0.05, 0.1) is 13.0 Å². The van der Waals surface area contributed by atoms with Crippen LogP contribution < -0.4 is 0 Å². The molecule has 0 saturated heterocycles. The number of ether oxygens (including phenoxy) is 1. The van der Waals surface area contributed by atoms with E-state index in [2.05, 4.69) is 6.58 Å². The zero-order chi connectivity index (χ0) is 13.5. The molecular weight excluding hydrogens is 228 g/mol. The molecule has 0 N–H and O–H groups in total. The minimum atomic E-state index is -0.235. The van der Waals surface area contributed by atoms with Crippen molar-refractivity contribution in [2.45, 2.75) is 46.0 Å². The number of hydrogen-bond donors (Lipinski definition) is 0. The van der Waals surface area contributed by atoms with E-state index in [1.54, 1.807) is 6.08 Å². The van der Waals surface area contributed by atoms with Gasteiger partial charge in [-0.15, -0.1) is 6.58 Å². The molecule has 102 valence electrons. The second-order valence-electron chi connectivity index (χ2n) is 5.53. The van der Waals surface area contributed by atoms with E-state index in [9.17, 15) is 9.59 Å². The van der Waals surface area contributed by atoms with Gasteiger partial charge in [-0.2, -0.15) is 0 Å². The summed E-state index contributed by atoms with van der Waals surface area (Å²) in [5.74, 6) is 0.260. The molecule has 1 aliphatic rings. The first kappa shape index (κ1) is 14.9. The van der Waals surface area contributed by atoms with Crippen LogP contribution in [0.2, 0.25) is 0 Å². The lowest BCUT2D eigenvalue weighted by Crippen LogP contribution is -2.30. The molecule has 1 aliphatic carbocycles. The standard InChI is InChI=1S/C15H24O3/c1-4-6-12-7-5-8-13(15(12)17)9-14(16)18-10-11(2)3/h4,11-13H,1,5-10H2,2-3H3/t12?,13-/m0/s1. The fourth-order valence-corrected chi connectivity index (χ4v) is 2.39. The van der Waals surface area contributed by atoms with Crippen molar-refractivity contribution in [1.29, 1.82) is 0 Å². The highest BCUT2D eigenvalue weighted by molar-refractivity contribution is 5.87. The van der Waals surface area contributed by atoms with Crippen LogP contribution in [0.4, 0.5) is 0 Å². The molecule has 0 aliphatic heterocycles. The van der Waals surface area contributed by atoms with Crippen LogP contribution in [0.15, 0.2) is 12.7 Å². The molecular formula is C15H24O3. The smallest absolute Gasteiger partial charge is 0.306 e. The maximum atomic E-state index is 12.1. The van der Waals surface area contributed by atoms with Crippen LogP contribution in [0.5, 0.6) is 0 Å². The molecule has 1 unspecified atom stereocenters. The average Bonchev–Trinajstić information content (AvgIpc) is 2.32. The van der Waals surface area contributed by atoms with Crippen LogP contribution in [0.1, 0.15) is 46.0 Å². The fraction of sp³-hybridized carbons (Fsp3) is 0.733. The van der Waals surface area contributed by atoms with E-state index in [0.29, 0.717) is 12.5 Å². The number of ketones is 1. The summed E-state index contributed by atoms with van der Waals surface area (Å²) in [5, 5.41) is 0. The molecule has 0 spiro atoms. The summed E-state index contributed by atoms with van der Waals surface area (Å²) in [6.07, 6.45) is 5.55. The average molecular weight is 252 g/mol. The van der Waals surface area contributed by atoms with E-state index in [-0.39, 0.29) is 30.0 Å². The van der Waals surface area contributed by atoms with Crippen molar-refractivity contribution in [1.82, 2.24) is 0 Å². The van der Waals surface area contributed by atoms with Crippen LogP contribution in [-0.2, 0) is 14.3 Å². The zero-order valence-electron chi connectivity index (χ0n) is 11.5. The zero-order valence-corrected chi connectivity index (χ0v) is 11.5. The van der Waals surface area contributed by atoms with Gasteiger partial charge in [0.2, 0.25) is 0 Å². The summed E-state index contributed by atoms with van der Waals surface area (Å²) in [5.41, 5.74) is 0. The van der Waals surface area contributed by atoms with E-state index in [0.717, 1.165) is 25.7 Å². The number of esters is 1. The molecule has 1 rings (SSSR count). The Hall–Kier alpha value is -1.12. The van der Waals surface area contributed by atoms with Gasteiger partial charge in [0.1, 0.15) is 5.78 Å². The summed E-state index contributed by atoms with van der Waals surface area (Å²) in [6.45, 7) is 8.12. The minimum absolute atomic E-state index is 0.0687. The first-order valence-corrected chi connectivity index (χ1v) is 6.84. The Labute approximate surface area is 110 Å². The van der Waals surface area contributed by atoms with Crippen LogP contribution in [-0.4, -0.2) is 18.4 Å². The number of carbonyl (C=O) groups is 2. The summed E-state index contributed by atoms with van der Waals surface area (Å²) >= 11 is 0. The molecule has 3 nitrogen and oxygen atoms in total. The van der Waals surface area contributed by atoms with Gasteiger partial charge >= 0.3 is 5.97 Å². The molecule has 0 heterocycles. The molecule has 0 amide bonds. The number of Topliss-reactive ketones (excluding diaryl/α,β-unsaturated/α-hetero) is 1. The lowest BCUT2D eigenvalue weighted by Gasteiger charge is -2.26. The van der Waals surface area contributed by atoms with Crippen molar-refractivity contribution >= 4 is 11.8 Å². The number of carbonyl (C=O) groups excluding carboxylic acids is 2. The monoisotopic (exact) mass is 252 g/mol. The Kier molecular flexibility index (Phi) is 6.10. The van der Waals surface area contributed by atoms with Crippen molar-refractivity contribution in [3.8, 4) is 0 Å². The van der Waals surface area contributed by atoms with Crippen molar-refractivity contribution in [3.63, 3.8) is 0 Å². The predicted octanol–water partition coefficient (Wildman–Crippen LogP) is 3.14. The minimum Gasteiger partial charge on any atom is -0.465 e. The van der Waals surface area contributed by atoms with Gasteiger partial charge in [-0.3, -0.25) is 9.59 Å². The van der Waals surface area contributed by atoms with Gasteiger partial charge in [-0.25, -0.2) is 0 Å². The third-order valence-corrected chi connectivity index (χ3v) is 3.35. The third kappa shape index (κ3) is 4.63. The van der Waals surface area contributed by atoms with Crippen LogP contribution in [0.3, 0.4) is 0 Å². The summed E-state index contributed by atoms with van der Waals surface area (Å²) < 4.78 is 5.14. The van der Waals surface area contributed by atoms with Crippen molar-refractivity contribution in [2.75, 3.05) is 6.61 Å². The van der Waals surface area contributed by atoms with Gasteiger partial charge in [-0.05, 0) is 25.2 Å². The third-order valence-electron chi connectivity index (χ3n) is 3.35. The van der Waals surface area contributed by atoms with Crippen molar-refractivity contribution in [2.24, 2.45) is 17.8 Å². The van der Waals surface area contributed by atoms with Crippen molar-refractivity contribution in [3.05, 3.63) is 12.7 Å². The lowest BCUT2D eigenvalue weighted by molar-refractivity contribution is -0.148. The maximum Gasteiger partial charge on any atom is 0.306 e. The van der Waals surface area contributed by atoms with Crippen LogP contribution >= 0.6 is 0 Å². The molecule has 2 atom stereocenters. The summed E-state index contributed by atoms with van der Waals surface area (Å²) in [7, 11) is 0. The number of rotatable bonds is 6. The molecule has 0 aromatic heterocycles. The van der Waals surface area contributed by atoms with E-state index in [1.807, 2.05) is 13.8 Å². The second kappa shape index (κ2) is 7.34. The Bertz CT molecular complexity index is 307. The topological polar surface area (TPSA) is 43.4 Å². The Morgan fingerprint density at radius 3 is 2.72 bits per heavy atom. The molecule has 0 aromatic rings. The SMILES string of the molecule is C=CCC1CCC[C@@H](CC(=O)OCC(C)C)C1=O. The van der Waals surface area contributed by atoms with E-state index >= 15 is 0 Å². The van der Waals surface area contributed by atoms with Gasteiger partial charge < -0.3 is 4.74 Å². The molecule has 18 heavy (non-hydrogen) atoms. The van der Waals surface area contributed by atoms with Crippen LogP contribution in [0, 0.1) is 17.8 Å². The second-order valence-corrected chi connectivity index (χ2v) is 5.53. The highest BCUT2D eigenvalue weighted by Gasteiger charge is 2.31. The Balaban J connectivity index is 2.43. The summed E-state index contributed by atoms with van der Waals surface area (Å²) in [6, 6.07) is 0. The quantitative estimate of drug-likeness (QED) is 0.539. The molecule has 1 fully saturated rings. The van der Waals surface area contributed by atoms with Gasteiger partial charge in [0.15, 0.2) is 0 Å². The maximum absolute atomic E-state index is 12.1. The van der Waals surface area contributed by atoms with E-state index < -0.39 is 0 Å². The molecule has 0 radical (unpaired) electrons.